The second kappa shape index (κ2) is 4.91. The van der Waals surface area contributed by atoms with Crippen molar-refractivity contribution < 1.29 is 15.0 Å². The molecule has 82 valence electrons. The summed E-state index contributed by atoms with van der Waals surface area (Å²) in [5.74, 6) is -0.518. The van der Waals surface area contributed by atoms with E-state index in [4.69, 9.17) is 10.8 Å². The third-order valence-corrected chi connectivity index (χ3v) is 2.19. The Bertz CT molecular complexity index is 363. The Morgan fingerprint density at radius 1 is 1.53 bits per heavy atom. The largest absolute Gasteiger partial charge is 0.394 e. The molecule has 1 rings (SSSR count). The van der Waals surface area contributed by atoms with Crippen molar-refractivity contribution in [1.82, 2.24) is 0 Å². The maximum absolute atomic E-state index is 11.1. The summed E-state index contributed by atoms with van der Waals surface area (Å²) < 4.78 is 0. The minimum atomic E-state index is -0.857. The zero-order valence-electron chi connectivity index (χ0n) is 8.60. The van der Waals surface area contributed by atoms with Crippen molar-refractivity contribution in [2.24, 2.45) is 5.73 Å². The van der Waals surface area contributed by atoms with Gasteiger partial charge in [0.1, 0.15) is 0 Å². The number of aliphatic hydroxyl groups excluding tert-OH is 2. The summed E-state index contributed by atoms with van der Waals surface area (Å²) in [6.07, 6.45) is -0.624. The fourth-order valence-electron chi connectivity index (χ4n) is 1.45. The Kier molecular flexibility index (Phi) is 3.82. The van der Waals surface area contributed by atoms with Crippen LogP contribution in [0.1, 0.15) is 21.5 Å². The van der Waals surface area contributed by atoms with Gasteiger partial charge in [0.05, 0.1) is 12.7 Å². The van der Waals surface area contributed by atoms with E-state index in [0.717, 1.165) is 5.56 Å². The highest BCUT2D eigenvalue weighted by molar-refractivity contribution is 5.94. The van der Waals surface area contributed by atoms with Crippen molar-refractivity contribution >= 4 is 5.91 Å². The molecule has 1 aromatic rings. The molecule has 0 unspecified atom stereocenters. The van der Waals surface area contributed by atoms with Crippen LogP contribution < -0.4 is 5.73 Å². The van der Waals surface area contributed by atoms with Gasteiger partial charge in [-0.25, -0.2) is 0 Å². The number of nitrogens with two attached hydrogens (primary N) is 1. The maximum atomic E-state index is 11.1. The van der Waals surface area contributed by atoms with E-state index in [1.54, 1.807) is 18.2 Å². The van der Waals surface area contributed by atoms with E-state index >= 15 is 0 Å². The molecule has 1 atom stereocenters. The normalized spacial score (nSPS) is 12.5. The SMILES string of the molecule is Cc1ccc(C(N)=O)c(C[C@@H](O)CO)c1. The van der Waals surface area contributed by atoms with Crippen molar-refractivity contribution in [2.75, 3.05) is 6.61 Å². The van der Waals surface area contributed by atoms with Gasteiger partial charge in [-0.15, -0.1) is 0 Å². The minimum Gasteiger partial charge on any atom is -0.394 e. The predicted octanol–water partition coefficient (Wildman–Crippen LogP) is -0.0104. The van der Waals surface area contributed by atoms with Crippen molar-refractivity contribution in [3.63, 3.8) is 0 Å². The van der Waals surface area contributed by atoms with Gasteiger partial charge < -0.3 is 15.9 Å². The molecule has 0 aliphatic rings. The Labute approximate surface area is 88.3 Å². The first-order valence-corrected chi connectivity index (χ1v) is 4.73. The molecule has 4 N–H and O–H groups in total. The lowest BCUT2D eigenvalue weighted by molar-refractivity contribution is 0.0940. The summed E-state index contributed by atoms with van der Waals surface area (Å²) in [6, 6.07) is 5.21. The summed E-state index contributed by atoms with van der Waals surface area (Å²) in [5.41, 5.74) is 7.25. The minimum absolute atomic E-state index is 0.233. The van der Waals surface area contributed by atoms with Crippen LogP contribution in [-0.2, 0) is 6.42 Å². The topological polar surface area (TPSA) is 83.6 Å². The fourth-order valence-corrected chi connectivity index (χ4v) is 1.45. The highest BCUT2D eigenvalue weighted by Gasteiger charge is 2.11. The number of carbonyl (C=O) groups is 1. The van der Waals surface area contributed by atoms with Crippen LogP contribution in [0.25, 0.3) is 0 Å². The molecule has 0 saturated heterocycles. The molecule has 1 amide bonds. The maximum Gasteiger partial charge on any atom is 0.248 e. The van der Waals surface area contributed by atoms with Gasteiger partial charge >= 0.3 is 0 Å². The summed E-state index contributed by atoms with van der Waals surface area (Å²) >= 11 is 0. The van der Waals surface area contributed by atoms with Gasteiger partial charge in [0.25, 0.3) is 0 Å². The number of benzene rings is 1. The van der Waals surface area contributed by atoms with E-state index in [2.05, 4.69) is 0 Å². The number of aryl methyl sites for hydroxylation is 1. The van der Waals surface area contributed by atoms with Crippen LogP contribution >= 0.6 is 0 Å². The first kappa shape index (κ1) is 11.7. The van der Waals surface area contributed by atoms with E-state index in [-0.39, 0.29) is 13.0 Å². The molecule has 0 heterocycles. The van der Waals surface area contributed by atoms with Crippen LogP contribution in [0.3, 0.4) is 0 Å². The van der Waals surface area contributed by atoms with E-state index in [9.17, 15) is 9.90 Å². The second-order valence-corrected chi connectivity index (χ2v) is 3.57. The molecule has 0 spiro atoms. The Morgan fingerprint density at radius 2 is 2.20 bits per heavy atom. The summed E-state index contributed by atoms with van der Waals surface area (Å²) in [7, 11) is 0. The summed E-state index contributed by atoms with van der Waals surface area (Å²) in [5, 5.41) is 18.0. The third kappa shape index (κ3) is 3.04. The molecule has 4 heteroatoms. The zero-order chi connectivity index (χ0) is 11.4. The summed E-state index contributed by atoms with van der Waals surface area (Å²) in [6.45, 7) is 1.56. The molecule has 0 aromatic heterocycles. The van der Waals surface area contributed by atoms with Crippen molar-refractivity contribution in [1.29, 1.82) is 0 Å². The van der Waals surface area contributed by atoms with Gasteiger partial charge in [-0.1, -0.05) is 17.7 Å². The monoisotopic (exact) mass is 209 g/mol. The molecular weight excluding hydrogens is 194 g/mol. The number of carbonyl (C=O) groups excluding carboxylic acids is 1. The molecule has 1 aromatic carbocycles. The quantitative estimate of drug-likeness (QED) is 0.652. The lowest BCUT2D eigenvalue weighted by atomic mass is 9.99. The molecule has 0 bridgehead atoms. The van der Waals surface area contributed by atoms with Crippen molar-refractivity contribution in [3.8, 4) is 0 Å². The molecule has 0 radical (unpaired) electrons. The van der Waals surface area contributed by atoms with Crippen LogP contribution in [0.4, 0.5) is 0 Å². The molecule has 15 heavy (non-hydrogen) atoms. The van der Waals surface area contributed by atoms with Crippen LogP contribution in [-0.4, -0.2) is 28.8 Å². The second-order valence-electron chi connectivity index (χ2n) is 3.57. The summed E-state index contributed by atoms with van der Waals surface area (Å²) in [4.78, 5) is 11.1. The molecule has 4 nitrogen and oxygen atoms in total. The predicted molar refractivity (Wildman–Crippen MR) is 56.5 cm³/mol. The Hall–Kier alpha value is -1.39. The number of primary amides is 1. The van der Waals surface area contributed by atoms with Gasteiger partial charge in [0.2, 0.25) is 5.91 Å². The lowest BCUT2D eigenvalue weighted by Crippen LogP contribution is -2.20. The standard InChI is InChI=1S/C11H15NO3/c1-7-2-3-10(11(12)15)8(4-7)5-9(14)6-13/h2-4,9,13-14H,5-6H2,1H3,(H2,12,15)/t9-/m1/s1. The zero-order valence-corrected chi connectivity index (χ0v) is 8.60. The van der Waals surface area contributed by atoms with Crippen LogP contribution in [0.5, 0.6) is 0 Å². The van der Waals surface area contributed by atoms with Gasteiger partial charge in [0.15, 0.2) is 0 Å². The molecule has 0 aliphatic carbocycles. The van der Waals surface area contributed by atoms with Crippen molar-refractivity contribution in [3.05, 3.63) is 34.9 Å². The number of hydrogen-bond acceptors (Lipinski definition) is 3. The number of aliphatic hydroxyl groups is 2. The molecule has 0 fully saturated rings. The fraction of sp³-hybridized carbons (Fsp3) is 0.364. The lowest BCUT2D eigenvalue weighted by Gasteiger charge is -2.11. The molecular formula is C11H15NO3. The third-order valence-electron chi connectivity index (χ3n) is 2.19. The Balaban J connectivity index is 3.02. The first-order valence-electron chi connectivity index (χ1n) is 4.73. The van der Waals surface area contributed by atoms with E-state index in [0.29, 0.717) is 11.1 Å². The Morgan fingerprint density at radius 3 is 2.73 bits per heavy atom. The molecule has 0 aliphatic heterocycles. The number of hydrogen-bond donors (Lipinski definition) is 3. The van der Waals surface area contributed by atoms with Crippen LogP contribution in [0, 0.1) is 6.92 Å². The van der Waals surface area contributed by atoms with Crippen LogP contribution in [0.15, 0.2) is 18.2 Å². The van der Waals surface area contributed by atoms with Crippen LogP contribution in [0.2, 0.25) is 0 Å². The van der Waals surface area contributed by atoms with Gasteiger partial charge in [-0.3, -0.25) is 4.79 Å². The number of rotatable bonds is 4. The van der Waals surface area contributed by atoms with Gasteiger partial charge in [0, 0.05) is 12.0 Å². The highest BCUT2D eigenvalue weighted by Crippen LogP contribution is 2.13. The average molecular weight is 209 g/mol. The number of amides is 1. The van der Waals surface area contributed by atoms with Gasteiger partial charge in [-0.2, -0.15) is 0 Å². The van der Waals surface area contributed by atoms with Crippen molar-refractivity contribution in [2.45, 2.75) is 19.4 Å². The van der Waals surface area contributed by atoms with E-state index in [1.807, 2.05) is 6.92 Å². The first-order chi connectivity index (χ1) is 7.04. The highest BCUT2D eigenvalue weighted by atomic mass is 16.3. The molecule has 0 saturated carbocycles. The van der Waals surface area contributed by atoms with E-state index < -0.39 is 12.0 Å². The average Bonchev–Trinajstić information content (AvgIpc) is 2.17. The van der Waals surface area contributed by atoms with E-state index in [1.165, 1.54) is 0 Å². The smallest absolute Gasteiger partial charge is 0.248 e. The van der Waals surface area contributed by atoms with Gasteiger partial charge in [-0.05, 0) is 18.6 Å².